The molecule has 0 amide bonds. The average molecular weight is 455 g/mol. The van der Waals surface area contributed by atoms with E-state index in [0.29, 0.717) is 25.3 Å². The summed E-state index contributed by atoms with van der Waals surface area (Å²) in [5, 5.41) is 0. The van der Waals surface area contributed by atoms with Gasteiger partial charge in [0.25, 0.3) is 0 Å². The number of benzene rings is 3. The van der Waals surface area contributed by atoms with E-state index in [9.17, 15) is 4.79 Å². The van der Waals surface area contributed by atoms with Gasteiger partial charge in [-0.1, -0.05) is 66.2 Å². The first kappa shape index (κ1) is 22.1. The number of carbonyl (C=O) groups is 1. The van der Waals surface area contributed by atoms with E-state index < -0.39 is 5.79 Å². The molecule has 0 saturated carbocycles. The highest BCUT2D eigenvalue weighted by Crippen LogP contribution is 2.36. The second kappa shape index (κ2) is 9.63. The highest BCUT2D eigenvalue weighted by molar-refractivity contribution is 5.77. The Hall–Kier alpha value is -3.74. The van der Waals surface area contributed by atoms with Crippen molar-refractivity contribution in [3.05, 3.63) is 108 Å². The predicted molar refractivity (Wildman–Crippen MR) is 129 cm³/mol. The lowest BCUT2D eigenvalue weighted by Gasteiger charge is -2.29. The van der Waals surface area contributed by atoms with Gasteiger partial charge in [-0.25, -0.2) is 4.98 Å². The Balaban J connectivity index is 1.25. The van der Waals surface area contributed by atoms with Gasteiger partial charge in [-0.3, -0.25) is 4.79 Å². The number of aldehydes is 1. The molecule has 4 aromatic rings. The maximum Gasteiger partial charge on any atom is 0.214 e. The van der Waals surface area contributed by atoms with E-state index in [0.717, 1.165) is 28.7 Å². The summed E-state index contributed by atoms with van der Waals surface area (Å²) in [6.07, 6.45) is 6.05. The molecule has 0 spiro atoms. The molecule has 1 aliphatic heterocycles. The number of hydrogen-bond donors (Lipinski definition) is 0. The summed E-state index contributed by atoms with van der Waals surface area (Å²) in [6.45, 7) is 3.38. The molecule has 1 saturated heterocycles. The molecule has 6 nitrogen and oxygen atoms in total. The van der Waals surface area contributed by atoms with Crippen LogP contribution in [0.4, 0.5) is 0 Å². The van der Waals surface area contributed by atoms with Crippen molar-refractivity contribution in [3.63, 3.8) is 0 Å². The Morgan fingerprint density at radius 1 is 1.03 bits per heavy atom. The van der Waals surface area contributed by atoms with Crippen molar-refractivity contribution in [1.82, 2.24) is 9.55 Å². The van der Waals surface area contributed by atoms with Gasteiger partial charge in [-0.2, -0.15) is 0 Å². The molecule has 0 bridgehead atoms. The van der Waals surface area contributed by atoms with Crippen LogP contribution in [0, 0.1) is 6.92 Å². The van der Waals surface area contributed by atoms with E-state index in [1.54, 1.807) is 12.5 Å². The SMILES string of the molecule is Cc1ccc(C2(Cn3ccnc3)OCC(COc3ccc(-c4ccc(C=O)cc4)cc3)O2)cc1. The number of nitrogens with zero attached hydrogens (tertiary/aromatic N) is 2. The molecule has 1 fully saturated rings. The predicted octanol–water partition coefficient (Wildman–Crippen LogP) is 5.02. The lowest BCUT2D eigenvalue weighted by molar-refractivity contribution is -0.189. The van der Waals surface area contributed by atoms with Crippen molar-refractivity contribution < 1.29 is 19.0 Å². The van der Waals surface area contributed by atoms with Crippen LogP contribution in [0.1, 0.15) is 21.5 Å². The first-order chi connectivity index (χ1) is 16.6. The van der Waals surface area contributed by atoms with Crippen LogP contribution >= 0.6 is 0 Å². The van der Waals surface area contributed by atoms with E-state index in [2.05, 4.69) is 36.2 Å². The topological polar surface area (TPSA) is 62.6 Å². The van der Waals surface area contributed by atoms with Gasteiger partial charge in [0.15, 0.2) is 0 Å². The van der Waals surface area contributed by atoms with Crippen molar-refractivity contribution in [2.45, 2.75) is 25.4 Å². The molecule has 34 heavy (non-hydrogen) atoms. The van der Waals surface area contributed by atoms with Gasteiger partial charge >= 0.3 is 0 Å². The molecule has 0 aliphatic carbocycles. The Morgan fingerprint density at radius 3 is 2.38 bits per heavy atom. The third kappa shape index (κ3) is 4.78. The standard InChI is InChI=1S/C28H26N2O4/c1-21-2-10-25(11-3-21)28(19-30-15-14-29-20-30)33-18-27(34-28)17-32-26-12-8-24(9-13-26)23-6-4-22(16-31)5-7-23/h2-16,20,27H,17-19H2,1H3. The van der Waals surface area contributed by atoms with Gasteiger partial charge in [0.05, 0.1) is 19.5 Å². The van der Waals surface area contributed by atoms with Crippen molar-refractivity contribution in [1.29, 1.82) is 0 Å². The summed E-state index contributed by atoms with van der Waals surface area (Å²) in [5.41, 5.74) is 4.93. The quantitative estimate of drug-likeness (QED) is 0.350. The lowest BCUT2D eigenvalue weighted by atomic mass is 10.0. The van der Waals surface area contributed by atoms with Crippen LogP contribution in [-0.4, -0.2) is 35.2 Å². The molecule has 2 atom stereocenters. The summed E-state index contributed by atoms with van der Waals surface area (Å²) in [5.74, 6) is -0.126. The van der Waals surface area contributed by atoms with Crippen LogP contribution in [0.3, 0.4) is 0 Å². The van der Waals surface area contributed by atoms with Crippen LogP contribution in [0.2, 0.25) is 0 Å². The van der Waals surface area contributed by atoms with Gasteiger partial charge < -0.3 is 18.8 Å². The van der Waals surface area contributed by atoms with E-state index in [1.165, 1.54) is 5.56 Å². The third-order valence-corrected chi connectivity index (χ3v) is 5.97. The smallest absolute Gasteiger partial charge is 0.214 e. The zero-order valence-electron chi connectivity index (χ0n) is 19.0. The molecule has 0 N–H and O–H groups in total. The summed E-state index contributed by atoms with van der Waals surface area (Å²) in [4.78, 5) is 15.0. The van der Waals surface area contributed by atoms with Crippen LogP contribution in [0.15, 0.2) is 91.5 Å². The maximum absolute atomic E-state index is 10.9. The summed E-state index contributed by atoms with van der Waals surface area (Å²) in [6, 6.07) is 23.6. The minimum absolute atomic E-state index is 0.208. The second-order valence-electron chi connectivity index (χ2n) is 8.48. The fraction of sp³-hybridized carbons (Fsp3) is 0.214. The van der Waals surface area contributed by atoms with Gasteiger partial charge in [0.1, 0.15) is 24.7 Å². The molecule has 2 heterocycles. The van der Waals surface area contributed by atoms with E-state index >= 15 is 0 Å². The Bertz CT molecular complexity index is 1220. The Labute approximate surface area is 198 Å². The van der Waals surface area contributed by atoms with Crippen LogP contribution in [0.25, 0.3) is 11.1 Å². The van der Waals surface area contributed by atoms with Crippen molar-refractivity contribution >= 4 is 6.29 Å². The van der Waals surface area contributed by atoms with E-state index in [4.69, 9.17) is 14.2 Å². The average Bonchev–Trinajstić information content (AvgIpc) is 3.54. The molecule has 2 unspecified atom stereocenters. The minimum Gasteiger partial charge on any atom is -0.491 e. The third-order valence-electron chi connectivity index (χ3n) is 5.97. The number of imidazole rings is 1. The first-order valence-corrected chi connectivity index (χ1v) is 11.3. The molecule has 5 rings (SSSR count). The van der Waals surface area contributed by atoms with Gasteiger partial charge in [-0.05, 0) is 30.2 Å². The van der Waals surface area contributed by atoms with Gasteiger partial charge in [0.2, 0.25) is 5.79 Å². The monoisotopic (exact) mass is 454 g/mol. The Morgan fingerprint density at radius 2 is 1.74 bits per heavy atom. The van der Waals surface area contributed by atoms with Crippen molar-refractivity contribution in [3.8, 4) is 16.9 Å². The highest BCUT2D eigenvalue weighted by Gasteiger charge is 2.44. The normalized spacial score (nSPS) is 19.7. The van der Waals surface area contributed by atoms with Gasteiger partial charge in [-0.15, -0.1) is 0 Å². The summed E-state index contributed by atoms with van der Waals surface area (Å²) < 4.78 is 20.7. The largest absolute Gasteiger partial charge is 0.491 e. The van der Waals surface area contributed by atoms with Gasteiger partial charge in [0, 0.05) is 23.5 Å². The molecule has 0 radical (unpaired) electrons. The summed E-state index contributed by atoms with van der Waals surface area (Å²) >= 11 is 0. The fourth-order valence-corrected chi connectivity index (χ4v) is 4.09. The first-order valence-electron chi connectivity index (χ1n) is 11.3. The zero-order valence-corrected chi connectivity index (χ0v) is 19.0. The number of rotatable bonds is 8. The lowest BCUT2D eigenvalue weighted by Crippen LogP contribution is -2.34. The second-order valence-corrected chi connectivity index (χ2v) is 8.48. The molecular formula is C28H26N2O4. The maximum atomic E-state index is 10.9. The molecule has 1 aromatic heterocycles. The fourth-order valence-electron chi connectivity index (χ4n) is 4.09. The minimum atomic E-state index is -0.889. The van der Waals surface area contributed by atoms with E-state index in [-0.39, 0.29) is 6.10 Å². The number of hydrogen-bond acceptors (Lipinski definition) is 5. The number of aromatic nitrogens is 2. The van der Waals surface area contributed by atoms with Crippen LogP contribution in [-0.2, 0) is 21.8 Å². The number of carbonyl (C=O) groups excluding carboxylic acids is 1. The molecule has 3 aromatic carbocycles. The van der Waals surface area contributed by atoms with Crippen LogP contribution < -0.4 is 4.74 Å². The molecule has 6 heteroatoms. The highest BCUT2D eigenvalue weighted by atomic mass is 16.8. The Kier molecular flexibility index (Phi) is 6.25. The zero-order chi connectivity index (χ0) is 23.4. The molecule has 1 aliphatic rings. The van der Waals surface area contributed by atoms with E-state index in [1.807, 2.05) is 59.3 Å². The molecule has 172 valence electrons. The van der Waals surface area contributed by atoms with Crippen molar-refractivity contribution in [2.75, 3.05) is 13.2 Å². The van der Waals surface area contributed by atoms with Crippen molar-refractivity contribution in [2.24, 2.45) is 0 Å². The number of aryl methyl sites for hydroxylation is 1. The number of ether oxygens (including phenoxy) is 3. The summed E-state index contributed by atoms with van der Waals surface area (Å²) in [7, 11) is 0. The van der Waals surface area contributed by atoms with Crippen LogP contribution in [0.5, 0.6) is 5.75 Å². The molecular weight excluding hydrogens is 428 g/mol.